The summed E-state index contributed by atoms with van der Waals surface area (Å²) >= 11 is 0. The second-order valence-corrected chi connectivity index (χ2v) is 12.8. The Labute approximate surface area is 362 Å². The van der Waals surface area contributed by atoms with Gasteiger partial charge in [-0.15, -0.1) is 10.2 Å². The van der Waals surface area contributed by atoms with Crippen LogP contribution < -0.4 is 51.0 Å². The summed E-state index contributed by atoms with van der Waals surface area (Å²) in [5, 5.41) is 56.8. The molecule has 0 saturated heterocycles. The van der Waals surface area contributed by atoms with E-state index in [1.807, 2.05) is 13.8 Å². The van der Waals surface area contributed by atoms with Crippen LogP contribution in [0.1, 0.15) is 70.2 Å². The van der Waals surface area contributed by atoms with Gasteiger partial charge in [0.2, 0.25) is 11.4 Å². The molecular weight excluding hydrogens is 817 g/mol. The number of benzene rings is 3. The van der Waals surface area contributed by atoms with E-state index in [0.29, 0.717) is 5.01 Å². The number of urea groups is 3. The topological polar surface area (TPSA) is 261 Å². The zero-order valence-electron chi connectivity index (χ0n) is 34.4. The van der Waals surface area contributed by atoms with Crippen LogP contribution in [0, 0.1) is 11.6 Å². The predicted molar refractivity (Wildman–Crippen MR) is 234 cm³/mol. The van der Waals surface area contributed by atoms with Crippen molar-refractivity contribution in [2.24, 2.45) is 26.5 Å². The molecule has 3 aromatic rings. The van der Waals surface area contributed by atoms with E-state index >= 15 is 0 Å². The van der Waals surface area contributed by atoms with Crippen LogP contribution in [-0.2, 0) is 0 Å². The maximum Gasteiger partial charge on any atom is 0.343 e. The molecule has 0 radical (unpaired) electrons. The maximum atomic E-state index is 14.3. The third-order valence-electron chi connectivity index (χ3n) is 7.75. The van der Waals surface area contributed by atoms with Crippen LogP contribution in [0.15, 0.2) is 81.3 Å². The number of anilines is 3. The van der Waals surface area contributed by atoms with Crippen LogP contribution in [0.3, 0.4) is 0 Å². The number of carbonyl (C=O) groups excluding carboxylic acids is 3. The van der Waals surface area contributed by atoms with Crippen LogP contribution in [0.5, 0.6) is 17.2 Å². The highest BCUT2D eigenvalue weighted by molar-refractivity contribution is 5.93. The maximum absolute atomic E-state index is 14.3. The van der Waals surface area contributed by atoms with Crippen molar-refractivity contribution < 1.29 is 52.7 Å². The summed E-state index contributed by atoms with van der Waals surface area (Å²) in [6, 6.07) is 9.82. The molecule has 20 nitrogen and oxygen atoms in total. The number of ether oxygens (including phenoxy) is 3. The fourth-order valence-electron chi connectivity index (χ4n) is 4.42. The third-order valence-corrected chi connectivity index (χ3v) is 7.75. The lowest BCUT2D eigenvalue weighted by atomic mass is 10.1. The zero-order chi connectivity index (χ0) is 44.6. The molecule has 0 aromatic heterocycles. The lowest BCUT2D eigenvalue weighted by Crippen LogP contribution is -2.43. The second-order valence-electron chi connectivity index (χ2n) is 12.8. The van der Waals surface area contributed by atoms with Gasteiger partial charge >= 0.3 is 18.1 Å². The van der Waals surface area contributed by atoms with E-state index < -0.39 is 66.6 Å². The van der Waals surface area contributed by atoms with Crippen molar-refractivity contribution >= 4 is 35.2 Å². The van der Waals surface area contributed by atoms with Gasteiger partial charge in [-0.1, -0.05) is 65.6 Å². The molecule has 0 fully saturated rings. The molecule has 8 N–H and O–H groups in total. The predicted octanol–water partition coefficient (Wildman–Crippen LogP) is 7.06. The number of hydrogen-bond acceptors (Lipinski definition) is 14. The normalized spacial score (nSPS) is 12.6. The fraction of sp³-hybridized carbons (Fsp3) is 0.475. The first-order valence-corrected chi connectivity index (χ1v) is 18.2. The number of aliphatic hydroxyl groups is 3. The minimum Gasteiger partial charge on any atom is -0.486 e. The van der Waals surface area contributed by atoms with Gasteiger partial charge in [-0.25, -0.2) is 34.0 Å². The number of amides is 6. The highest BCUT2D eigenvalue weighted by atomic mass is 19.1. The Bertz CT molecular complexity index is 1940. The van der Waals surface area contributed by atoms with Crippen molar-refractivity contribution in [1.82, 2.24) is 16.0 Å². The standard InChI is InChI=1S/C35H47F2N11O9.C2H6.3CH4/c1-8-35(54,21-55-28-17-22(36)13-15-24(28)46(38)30(51)39-5)43-45-47(31(52)40-6)25-11-9-10-12-27(25)57-34(4,20-50)42-44-48(32(53)41-7)26-16-14-23(37)18-29(26)56-33(2,3)19-49;1-2;;;/h9-18,49-50,54H,8,19-21,38H2,1-7H3,(H,39,51)(H,40,52)(H,41,53);1-2H3;3*1H4/b44-42+,45-43+;;;;. The molecule has 62 heavy (non-hydrogen) atoms. The van der Waals surface area contributed by atoms with Gasteiger partial charge in [0, 0.05) is 40.2 Å². The number of nitrogens with zero attached hydrogens (tertiary/aromatic N) is 7. The number of carbonyl (C=O) groups is 3. The summed E-state index contributed by atoms with van der Waals surface area (Å²) in [7, 11) is 3.94. The molecule has 0 aliphatic rings. The highest BCUT2D eigenvalue weighted by Gasteiger charge is 2.33. The number of hydrogen-bond donors (Lipinski definition) is 7. The van der Waals surface area contributed by atoms with E-state index in [4.69, 9.17) is 20.1 Å². The molecule has 0 spiro atoms. The Kier molecular flexibility index (Phi) is 24.4. The van der Waals surface area contributed by atoms with E-state index in [1.54, 1.807) is 0 Å². The highest BCUT2D eigenvalue weighted by Crippen LogP contribution is 2.36. The van der Waals surface area contributed by atoms with Gasteiger partial charge in [-0.05, 0) is 56.7 Å². The van der Waals surface area contributed by atoms with Gasteiger partial charge < -0.3 is 45.5 Å². The van der Waals surface area contributed by atoms with Gasteiger partial charge in [0.05, 0.1) is 6.61 Å². The molecule has 3 rings (SSSR count). The molecular formula is C40H65F2N11O9. The van der Waals surface area contributed by atoms with Gasteiger partial charge in [0.15, 0.2) is 0 Å². The summed E-state index contributed by atoms with van der Waals surface area (Å²) in [4.78, 5) is 38.3. The molecule has 0 saturated carbocycles. The number of nitrogens with one attached hydrogen (secondary N) is 3. The van der Waals surface area contributed by atoms with Crippen molar-refractivity contribution in [3.63, 3.8) is 0 Å². The van der Waals surface area contributed by atoms with Crippen LogP contribution in [-0.4, -0.2) is 91.4 Å². The Morgan fingerprint density at radius 1 is 0.710 bits per heavy atom. The Hall–Kier alpha value is -6.23. The smallest absolute Gasteiger partial charge is 0.343 e. The molecule has 0 bridgehead atoms. The van der Waals surface area contributed by atoms with E-state index in [1.165, 1.54) is 85.2 Å². The van der Waals surface area contributed by atoms with Crippen molar-refractivity contribution in [3.05, 3.63) is 72.3 Å². The number of halogens is 2. The Morgan fingerprint density at radius 3 is 1.69 bits per heavy atom. The monoisotopic (exact) mass is 881 g/mol. The Balaban J connectivity index is 0. The quantitative estimate of drug-likeness (QED) is 0.0314. The molecule has 2 unspecified atom stereocenters. The number of rotatable bonds is 17. The van der Waals surface area contributed by atoms with Gasteiger partial charge in [-0.3, -0.25) is 0 Å². The average Bonchev–Trinajstić information content (AvgIpc) is 3.23. The minimum absolute atomic E-state index is 0. The van der Waals surface area contributed by atoms with Crippen molar-refractivity contribution in [1.29, 1.82) is 0 Å². The largest absolute Gasteiger partial charge is 0.486 e. The minimum atomic E-state index is -2.13. The van der Waals surface area contributed by atoms with Crippen LogP contribution in [0.25, 0.3) is 0 Å². The molecule has 22 heteroatoms. The summed E-state index contributed by atoms with van der Waals surface area (Å²) in [6.45, 7) is 7.97. The van der Waals surface area contributed by atoms with Crippen LogP contribution in [0.4, 0.5) is 40.2 Å². The van der Waals surface area contributed by atoms with E-state index in [9.17, 15) is 38.5 Å². The molecule has 0 aliphatic carbocycles. The number of hydrazine groups is 1. The summed E-state index contributed by atoms with van der Waals surface area (Å²) in [5.41, 5.74) is -5.49. The SMILES string of the molecule is C.C.C.CC.CCC(O)(COc1cc(F)ccc1N(N)C(=O)NC)/N=N/N(C(=O)NC)c1ccccc1OC(C)(CO)/N=N/N(C(=O)NC)c1ccc(F)cc1OC(C)(C)CO. The zero-order valence-corrected chi connectivity index (χ0v) is 34.4. The van der Waals surface area contributed by atoms with Crippen molar-refractivity contribution in [2.45, 2.75) is 87.3 Å². The first-order chi connectivity index (χ1) is 27.9. The molecule has 0 aliphatic heterocycles. The summed E-state index contributed by atoms with van der Waals surface area (Å²) < 4.78 is 46.0. The summed E-state index contributed by atoms with van der Waals surface area (Å²) in [6.07, 6.45) is -0.133. The first-order valence-electron chi connectivity index (χ1n) is 18.2. The van der Waals surface area contributed by atoms with Gasteiger partial charge in [-0.2, -0.15) is 10.0 Å². The summed E-state index contributed by atoms with van der Waals surface area (Å²) in [5.74, 6) is 3.91. The van der Waals surface area contributed by atoms with E-state index in [-0.39, 0.29) is 63.0 Å². The van der Waals surface area contributed by atoms with Gasteiger partial charge in [0.1, 0.15) is 64.8 Å². The van der Waals surface area contributed by atoms with E-state index in [0.717, 1.165) is 34.3 Å². The molecule has 2 atom stereocenters. The van der Waals surface area contributed by atoms with Crippen LogP contribution in [0.2, 0.25) is 0 Å². The van der Waals surface area contributed by atoms with E-state index in [2.05, 4.69) is 36.6 Å². The van der Waals surface area contributed by atoms with Gasteiger partial charge in [0.25, 0.3) is 0 Å². The Morgan fingerprint density at radius 2 is 1.19 bits per heavy atom. The lowest BCUT2D eigenvalue weighted by Gasteiger charge is -2.29. The third kappa shape index (κ3) is 15.7. The average molecular weight is 882 g/mol. The molecule has 6 amide bonds. The molecule has 0 heterocycles. The molecule has 3 aromatic carbocycles. The van der Waals surface area contributed by atoms with Crippen molar-refractivity contribution in [3.8, 4) is 17.2 Å². The number of para-hydroxylation sites is 2. The number of aliphatic hydroxyl groups excluding tert-OH is 2. The second kappa shape index (κ2) is 26.2. The lowest BCUT2D eigenvalue weighted by molar-refractivity contribution is -0.00717. The van der Waals surface area contributed by atoms with Crippen LogP contribution >= 0.6 is 0 Å². The fourth-order valence-corrected chi connectivity index (χ4v) is 4.42. The van der Waals surface area contributed by atoms with Crippen molar-refractivity contribution in [2.75, 3.05) is 56.0 Å². The molecule has 348 valence electrons. The first kappa shape index (κ1) is 57.9. The number of nitrogens with two attached hydrogens (primary N) is 1.